The lowest BCUT2D eigenvalue weighted by Gasteiger charge is -2.48. The van der Waals surface area contributed by atoms with E-state index < -0.39 is 124 Å². The van der Waals surface area contributed by atoms with Gasteiger partial charge < -0.3 is 89.9 Å². The molecule has 0 aliphatic carbocycles. The minimum absolute atomic E-state index is 0.229. The second-order valence-corrected chi connectivity index (χ2v) is 36.0. The summed E-state index contributed by atoms with van der Waals surface area (Å²) in [5.41, 5.74) is 0. The number of amides is 1. The molecular formula is C96H187NO18. The van der Waals surface area contributed by atoms with Gasteiger partial charge in [0.05, 0.1) is 38.6 Å². The molecule has 3 rings (SSSR count). The second kappa shape index (κ2) is 76.4. The summed E-state index contributed by atoms with van der Waals surface area (Å²) in [4.78, 5) is 13.6. The molecule has 19 nitrogen and oxygen atoms in total. The summed E-state index contributed by atoms with van der Waals surface area (Å²) in [5, 5.41) is 122. The Morgan fingerprint density at radius 3 is 0.757 bits per heavy atom. The van der Waals surface area contributed by atoms with Crippen LogP contribution in [0.4, 0.5) is 0 Å². The molecule has 0 bridgehead atoms. The maximum Gasteiger partial charge on any atom is 0.220 e. The highest BCUT2D eigenvalue weighted by atomic mass is 16.8. The Morgan fingerprint density at radius 2 is 0.496 bits per heavy atom. The molecule has 684 valence electrons. The monoisotopic (exact) mass is 1640 g/mol. The maximum atomic E-state index is 13.6. The van der Waals surface area contributed by atoms with Crippen molar-refractivity contribution in [1.82, 2.24) is 5.32 Å². The Kier molecular flexibility index (Phi) is 71.8. The van der Waals surface area contributed by atoms with Gasteiger partial charge in [-0.2, -0.15) is 0 Å². The van der Waals surface area contributed by atoms with E-state index in [0.29, 0.717) is 12.8 Å². The first-order valence-electron chi connectivity index (χ1n) is 49.8. The molecule has 12 N–H and O–H groups in total. The predicted molar refractivity (Wildman–Crippen MR) is 467 cm³/mol. The summed E-state index contributed by atoms with van der Waals surface area (Å²) in [6.07, 6.45) is 68.2. The van der Waals surface area contributed by atoms with Crippen LogP contribution in [0.25, 0.3) is 0 Å². The normalized spacial score (nSPS) is 24.5. The third kappa shape index (κ3) is 54.2. The third-order valence-corrected chi connectivity index (χ3v) is 25.4. The molecule has 3 saturated heterocycles. The van der Waals surface area contributed by atoms with Crippen LogP contribution in [-0.4, -0.2) is 193 Å². The summed E-state index contributed by atoms with van der Waals surface area (Å²) < 4.78 is 34.7. The number of unbranched alkanes of at least 4 members (excludes halogenated alkanes) is 68. The highest BCUT2D eigenvalue weighted by molar-refractivity contribution is 5.76. The van der Waals surface area contributed by atoms with Crippen molar-refractivity contribution in [3.8, 4) is 0 Å². The zero-order chi connectivity index (χ0) is 83.1. The quantitative estimate of drug-likeness (QED) is 0.0252. The molecule has 17 unspecified atom stereocenters. The van der Waals surface area contributed by atoms with Crippen molar-refractivity contribution in [2.75, 3.05) is 26.4 Å². The van der Waals surface area contributed by atoms with Crippen molar-refractivity contribution >= 4 is 5.91 Å². The van der Waals surface area contributed by atoms with E-state index in [1.54, 1.807) is 0 Å². The van der Waals surface area contributed by atoms with E-state index in [1.807, 2.05) is 0 Å². The number of carbonyl (C=O) groups is 1. The van der Waals surface area contributed by atoms with Crippen molar-refractivity contribution in [3.05, 3.63) is 0 Å². The van der Waals surface area contributed by atoms with Crippen LogP contribution in [0.1, 0.15) is 476 Å². The molecule has 0 aromatic carbocycles. The van der Waals surface area contributed by atoms with Crippen LogP contribution in [0.2, 0.25) is 0 Å². The van der Waals surface area contributed by atoms with Crippen LogP contribution in [-0.2, 0) is 33.2 Å². The van der Waals surface area contributed by atoms with E-state index in [2.05, 4.69) is 19.2 Å². The Hall–Kier alpha value is -1.21. The van der Waals surface area contributed by atoms with Crippen LogP contribution in [0.5, 0.6) is 0 Å². The molecule has 0 aromatic heterocycles. The van der Waals surface area contributed by atoms with E-state index in [0.717, 1.165) is 44.9 Å². The fourth-order valence-corrected chi connectivity index (χ4v) is 17.6. The lowest BCUT2D eigenvalue weighted by Crippen LogP contribution is -2.66. The molecule has 19 heteroatoms. The van der Waals surface area contributed by atoms with Gasteiger partial charge in [0.15, 0.2) is 18.9 Å². The van der Waals surface area contributed by atoms with Crippen LogP contribution in [0.3, 0.4) is 0 Å². The van der Waals surface area contributed by atoms with Gasteiger partial charge in [-0.3, -0.25) is 4.79 Å². The van der Waals surface area contributed by atoms with E-state index in [4.69, 9.17) is 28.4 Å². The molecule has 0 aromatic rings. The van der Waals surface area contributed by atoms with Gasteiger partial charge in [-0.15, -0.1) is 0 Å². The van der Waals surface area contributed by atoms with Crippen LogP contribution >= 0.6 is 0 Å². The SMILES string of the molecule is CCCCCCCCCCCCCCCCCCCCCCCCCCCCCCCCCCCCCCCC(=O)NC(COC1OC(CO)C(OC2OC(CO)C(OC3OC(CO)C(O)C(O)C3O)C(O)C2O)C(O)C1O)C(O)CCCCCCCCCCCCCCCCCCCCCCCCCCCCCCCCCCC. The molecule has 3 aliphatic heterocycles. The molecule has 17 atom stereocenters. The molecule has 1 amide bonds. The molecule has 0 radical (unpaired) electrons. The molecular weight excluding hydrogens is 1460 g/mol. The summed E-state index contributed by atoms with van der Waals surface area (Å²) >= 11 is 0. The molecule has 3 fully saturated rings. The number of carbonyl (C=O) groups excluding carboxylic acids is 1. The highest BCUT2D eigenvalue weighted by Gasteiger charge is 2.54. The van der Waals surface area contributed by atoms with Gasteiger partial charge >= 0.3 is 0 Å². The number of aliphatic hydroxyl groups is 11. The van der Waals surface area contributed by atoms with Crippen molar-refractivity contribution in [2.24, 2.45) is 0 Å². The third-order valence-electron chi connectivity index (χ3n) is 25.4. The van der Waals surface area contributed by atoms with Crippen molar-refractivity contribution < 1.29 is 89.4 Å². The van der Waals surface area contributed by atoms with Gasteiger partial charge in [0, 0.05) is 6.42 Å². The first-order valence-corrected chi connectivity index (χ1v) is 49.8. The van der Waals surface area contributed by atoms with E-state index in [1.165, 1.54) is 398 Å². The fraction of sp³-hybridized carbons (Fsp3) is 0.990. The Labute approximate surface area is 704 Å². The van der Waals surface area contributed by atoms with Gasteiger partial charge in [-0.1, -0.05) is 457 Å². The highest BCUT2D eigenvalue weighted by Crippen LogP contribution is 2.34. The standard InChI is InChI=1S/C96H187NO18/c1-3-5-7-9-11-13-15-17-19-21-23-25-27-29-31-33-35-37-38-39-40-42-44-46-48-50-52-54-56-58-60-62-64-66-68-70-72-74-84(102)97-79(80(101)73-71-69-67-65-63-61-59-57-55-53-51-49-47-45-43-41-36-34-32-30-28-26-24-22-20-18-16-14-12-10-8-6-4-2)78-110-94-90(108)87(105)92(82(76-99)112-94)115-96-91(109)88(106)93(83(77-100)113-96)114-95-89(107)86(104)85(103)81(75-98)111-95/h79-83,85-96,98-101,103-109H,3-78H2,1-2H3,(H,97,102). The topological polar surface area (TPSA) is 307 Å². The van der Waals surface area contributed by atoms with Crippen LogP contribution in [0.15, 0.2) is 0 Å². The minimum atomic E-state index is -1.97. The molecule has 115 heavy (non-hydrogen) atoms. The number of hydrogen-bond acceptors (Lipinski definition) is 18. The molecule has 0 spiro atoms. The molecule has 3 aliphatic rings. The zero-order valence-corrected chi connectivity index (χ0v) is 74.3. The first kappa shape index (κ1) is 108. The number of hydrogen-bond donors (Lipinski definition) is 12. The lowest BCUT2D eigenvalue weighted by atomic mass is 9.96. The second-order valence-electron chi connectivity index (χ2n) is 36.0. The maximum absolute atomic E-state index is 13.6. The summed E-state index contributed by atoms with van der Waals surface area (Å²) in [5.74, 6) is -0.229. The Bertz CT molecular complexity index is 2070. The minimum Gasteiger partial charge on any atom is -0.394 e. The van der Waals surface area contributed by atoms with Gasteiger partial charge in [-0.05, 0) is 12.8 Å². The molecule has 3 heterocycles. The van der Waals surface area contributed by atoms with Crippen LogP contribution < -0.4 is 5.32 Å². The van der Waals surface area contributed by atoms with E-state index >= 15 is 0 Å². The van der Waals surface area contributed by atoms with Crippen molar-refractivity contribution in [2.45, 2.75) is 580 Å². The molecule has 0 saturated carbocycles. The first-order chi connectivity index (χ1) is 56.3. The Balaban J connectivity index is 1.28. The number of rotatable bonds is 84. The fourth-order valence-electron chi connectivity index (χ4n) is 17.6. The van der Waals surface area contributed by atoms with Crippen molar-refractivity contribution in [1.29, 1.82) is 0 Å². The summed E-state index contributed by atoms with van der Waals surface area (Å²) in [6.45, 7) is 1.90. The smallest absolute Gasteiger partial charge is 0.220 e. The van der Waals surface area contributed by atoms with Crippen molar-refractivity contribution in [3.63, 3.8) is 0 Å². The van der Waals surface area contributed by atoms with Gasteiger partial charge in [0.25, 0.3) is 0 Å². The van der Waals surface area contributed by atoms with Gasteiger partial charge in [-0.25, -0.2) is 0 Å². The van der Waals surface area contributed by atoms with Crippen LogP contribution in [0, 0.1) is 0 Å². The zero-order valence-electron chi connectivity index (χ0n) is 74.3. The van der Waals surface area contributed by atoms with Gasteiger partial charge in [0.1, 0.15) is 73.2 Å². The average Bonchev–Trinajstić information content (AvgIpc) is 0.779. The lowest BCUT2D eigenvalue weighted by molar-refractivity contribution is -0.379. The van der Waals surface area contributed by atoms with E-state index in [-0.39, 0.29) is 18.9 Å². The largest absolute Gasteiger partial charge is 0.394 e. The summed E-state index contributed by atoms with van der Waals surface area (Å²) in [7, 11) is 0. The number of ether oxygens (including phenoxy) is 6. The van der Waals surface area contributed by atoms with E-state index in [9.17, 15) is 61.0 Å². The number of nitrogens with one attached hydrogen (secondary N) is 1. The number of aliphatic hydroxyl groups excluding tert-OH is 11. The average molecular weight is 1640 g/mol. The predicted octanol–water partition coefficient (Wildman–Crippen LogP) is 20.4. The summed E-state index contributed by atoms with van der Waals surface area (Å²) in [6, 6.07) is -0.885. The Morgan fingerprint density at radius 1 is 0.278 bits per heavy atom. The van der Waals surface area contributed by atoms with Gasteiger partial charge in [0.2, 0.25) is 5.91 Å².